The Kier molecular flexibility index (Phi) is 0.859. The van der Waals surface area contributed by atoms with Crippen LogP contribution < -0.4 is 9.47 Å². The third kappa shape index (κ3) is 0.633. The van der Waals surface area contributed by atoms with Crippen LogP contribution in [0.1, 0.15) is 0 Å². The summed E-state index contributed by atoms with van der Waals surface area (Å²) in [5.74, 6) is 1.51. The molecule has 0 saturated carbocycles. The molecule has 45 valence electrons. The van der Waals surface area contributed by atoms with E-state index < -0.39 is 0 Å². The van der Waals surface area contributed by atoms with Crippen LogP contribution in [0.25, 0.3) is 0 Å². The molecule has 0 amide bonds. The maximum atomic E-state index is 5.04. The molecular formula is C7H5O2. The number of fused-ring (bicyclic) bond motifs is 1. The number of benzene rings is 1. The lowest BCUT2D eigenvalue weighted by Gasteiger charge is -1.88. The summed E-state index contributed by atoms with van der Waals surface area (Å²) in [5.41, 5.74) is 0. The lowest BCUT2D eigenvalue weighted by atomic mass is 10.3. The van der Waals surface area contributed by atoms with E-state index in [2.05, 4.69) is 6.07 Å². The predicted molar refractivity (Wildman–Crippen MR) is 31.4 cm³/mol. The zero-order chi connectivity index (χ0) is 6.10. The molecule has 1 heterocycles. The molecule has 0 aromatic heterocycles. The van der Waals surface area contributed by atoms with Crippen molar-refractivity contribution in [2.24, 2.45) is 0 Å². The highest BCUT2D eigenvalue weighted by molar-refractivity contribution is 5.39. The minimum atomic E-state index is 0.329. The van der Waals surface area contributed by atoms with Crippen molar-refractivity contribution < 1.29 is 9.47 Å². The number of hydrogen-bond donors (Lipinski definition) is 0. The van der Waals surface area contributed by atoms with Crippen LogP contribution in [-0.2, 0) is 0 Å². The van der Waals surface area contributed by atoms with Crippen molar-refractivity contribution in [2.75, 3.05) is 6.79 Å². The summed E-state index contributed by atoms with van der Waals surface area (Å²) >= 11 is 0. The highest BCUT2D eigenvalue weighted by atomic mass is 16.7. The summed E-state index contributed by atoms with van der Waals surface area (Å²) < 4.78 is 10.1. The van der Waals surface area contributed by atoms with E-state index in [1.807, 2.05) is 12.1 Å². The minimum absolute atomic E-state index is 0.329. The van der Waals surface area contributed by atoms with E-state index in [9.17, 15) is 0 Å². The third-order valence-electron chi connectivity index (χ3n) is 1.20. The second-order valence-corrected chi connectivity index (χ2v) is 1.77. The number of ether oxygens (including phenoxy) is 2. The van der Waals surface area contributed by atoms with Gasteiger partial charge >= 0.3 is 0 Å². The van der Waals surface area contributed by atoms with Crippen molar-refractivity contribution in [2.45, 2.75) is 0 Å². The molecule has 0 aliphatic carbocycles. The van der Waals surface area contributed by atoms with Crippen LogP contribution in [0, 0.1) is 6.07 Å². The summed E-state index contributed by atoms with van der Waals surface area (Å²) in [5, 5.41) is 0. The fourth-order valence-electron chi connectivity index (χ4n) is 0.784. The Hall–Kier alpha value is -1.18. The molecule has 1 aromatic rings. The van der Waals surface area contributed by atoms with Gasteiger partial charge in [0.05, 0.1) is 0 Å². The molecular weight excluding hydrogens is 116 g/mol. The minimum Gasteiger partial charge on any atom is -0.454 e. The quantitative estimate of drug-likeness (QED) is 0.513. The molecule has 0 saturated heterocycles. The lowest BCUT2D eigenvalue weighted by Crippen LogP contribution is -1.92. The average molecular weight is 121 g/mol. The van der Waals surface area contributed by atoms with Crippen molar-refractivity contribution in [3.05, 3.63) is 24.3 Å². The van der Waals surface area contributed by atoms with E-state index >= 15 is 0 Å². The lowest BCUT2D eigenvalue weighted by molar-refractivity contribution is 0.173. The Morgan fingerprint density at radius 3 is 3.33 bits per heavy atom. The Bertz CT molecular complexity index is 197. The topological polar surface area (TPSA) is 18.5 Å². The second-order valence-electron chi connectivity index (χ2n) is 1.77. The largest absolute Gasteiger partial charge is 0.454 e. The van der Waals surface area contributed by atoms with Gasteiger partial charge in [-0.2, -0.15) is 0 Å². The summed E-state index contributed by atoms with van der Waals surface area (Å²) in [7, 11) is 0. The van der Waals surface area contributed by atoms with Crippen LogP contribution in [0.5, 0.6) is 11.5 Å². The Morgan fingerprint density at radius 1 is 1.44 bits per heavy atom. The molecule has 0 atom stereocenters. The molecule has 1 aliphatic rings. The molecule has 0 fully saturated rings. The van der Waals surface area contributed by atoms with Gasteiger partial charge in [-0.1, -0.05) is 12.1 Å². The molecule has 0 spiro atoms. The van der Waals surface area contributed by atoms with Gasteiger partial charge in [0.25, 0.3) is 0 Å². The molecule has 0 bridgehead atoms. The first-order chi connectivity index (χ1) is 4.47. The summed E-state index contributed by atoms with van der Waals surface area (Å²) in [6.07, 6.45) is 0. The van der Waals surface area contributed by atoms with Crippen molar-refractivity contribution in [1.29, 1.82) is 0 Å². The molecule has 0 N–H and O–H groups in total. The molecule has 1 aliphatic heterocycles. The third-order valence-corrected chi connectivity index (χ3v) is 1.20. The van der Waals surface area contributed by atoms with Gasteiger partial charge in [0.15, 0.2) is 11.5 Å². The summed E-state index contributed by atoms with van der Waals surface area (Å²) in [6.45, 7) is 0.329. The van der Waals surface area contributed by atoms with E-state index in [0.717, 1.165) is 11.5 Å². The number of rotatable bonds is 0. The van der Waals surface area contributed by atoms with E-state index in [4.69, 9.17) is 9.47 Å². The second kappa shape index (κ2) is 1.65. The zero-order valence-corrected chi connectivity index (χ0v) is 4.76. The molecule has 9 heavy (non-hydrogen) atoms. The van der Waals surface area contributed by atoms with Gasteiger partial charge in [0.2, 0.25) is 6.79 Å². The highest BCUT2D eigenvalue weighted by Gasteiger charge is 2.09. The molecule has 2 rings (SSSR count). The van der Waals surface area contributed by atoms with E-state index in [0.29, 0.717) is 6.79 Å². The Morgan fingerprint density at radius 2 is 2.44 bits per heavy atom. The molecule has 1 aromatic carbocycles. The van der Waals surface area contributed by atoms with Crippen LogP contribution in [-0.4, -0.2) is 6.79 Å². The fourth-order valence-corrected chi connectivity index (χ4v) is 0.784. The zero-order valence-electron chi connectivity index (χ0n) is 4.76. The van der Waals surface area contributed by atoms with E-state index in [1.54, 1.807) is 6.07 Å². The monoisotopic (exact) mass is 121 g/mol. The van der Waals surface area contributed by atoms with Crippen molar-refractivity contribution in [1.82, 2.24) is 0 Å². The Labute approximate surface area is 53.0 Å². The van der Waals surface area contributed by atoms with Gasteiger partial charge in [-0.05, 0) is 6.07 Å². The van der Waals surface area contributed by atoms with Crippen LogP contribution in [0.3, 0.4) is 0 Å². The van der Waals surface area contributed by atoms with Gasteiger partial charge in [0.1, 0.15) is 0 Å². The van der Waals surface area contributed by atoms with Gasteiger partial charge in [-0.25, -0.2) is 0 Å². The van der Waals surface area contributed by atoms with E-state index in [-0.39, 0.29) is 0 Å². The smallest absolute Gasteiger partial charge is 0.231 e. The first-order valence-electron chi connectivity index (χ1n) is 2.73. The first-order valence-corrected chi connectivity index (χ1v) is 2.73. The normalized spacial score (nSPS) is 13.8. The molecule has 2 nitrogen and oxygen atoms in total. The maximum absolute atomic E-state index is 5.04. The average Bonchev–Trinajstić information content (AvgIpc) is 2.33. The van der Waals surface area contributed by atoms with Crippen LogP contribution >= 0.6 is 0 Å². The predicted octanol–water partition coefficient (Wildman–Crippen LogP) is 1.22. The molecule has 2 heteroatoms. The van der Waals surface area contributed by atoms with Crippen molar-refractivity contribution >= 4 is 0 Å². The summed E-state index contributed by atoms with van der Waals surface area (Å²) in [4.78, 5) is 0. The Balaban J connectivity index is 2.54. The molecule has 0 unspecified atom stereocenters. The van der Waals surface area contributed by atoms with Gasteiger partial charge < -0.3 is 9.47 Å². The van der Waals surface area contributed by atoms with Gasteiger partial charge in [0, 0.05) is 6.07 Å². The number of hydrogen-bond acceptors (Lipinski definition) is 2. The van der Waals surface area contributed by atoms with E-state index in [1.165, 1.54) is 0 Å². The van der Waals surface area contributed by atoms with Gasteiger partial charge in [-0.3, -0.25) is 0 Å². The van der Waals surface area contributed by atoms with Crippen LogP contribution in [0.15, 0.2) is 18.2 Å². The highest BCUT2D eigenvalue weighted by Crippen LogP contribution is 2.29. The fraction of sp³-hybridized carbons (Fsp3) is 0.143. The van der Waals surface area contributed by atoms with Crippen LogP contribution in [0.4, 0.5) is 0 Å². The van der Waals surface area contributed by atoms with Crippen LogP contribution in [0.2, 0.25) is 0 Å². The molecule has 1 radical (unpaired) electrons. The van der Waals surface area contributed by atoms with Crippen molar-refractivity contribution in [3.8, 4) is 11.5 Å². The standard InChI is InChI=1S/C7H5O2/c1-2-4-7-6(3-1)8-5-9-7/h1-3H,5H2. The summed E-state index contributed by atoms with van der Waals surface area (Å²) in [6, 6.07) is 8.43. The number of para-hydroxylation sites is 1. The SMILES string of the molecule is [c]1cccc2c1OCO2. The first kappa shape index (κ1) is 4.68. The van der Waals surface area contributed by atoms with Gasteiger partial charge in [-0.15, -0.1) is 0 Å². The maximum Gasteiger partial charge on any atom is 0.231 e. The van der Waals surface area contributed by atoms with Crippen molar-refractivity contribution in [3.63, 3.8) is 0 Å².